The molecular weight excluding hydrogens is 1420 g/mol. The number of phenols is 3. The van der Waals surface area contributed by atoms with Gasteiger partial charge in [0.25, 0.3) is 0 Å². The van der Waals surface area contributed by atoms with Crippen molar-refractivity contribution < 1.29 is 15.3 Å². The molecule has 6 atom stereocenters. The SMILES string of the molecule is CCCC12c3ccccc3C(CCC)(c3cc(O)c(C)cc31)c1cc3nc4cc(C)c(C)cc4nc3cc12.CCCCC12c3ccccc3C(CCCC)(c3cc(O)c(C)cc31)c1cc3nc4cc(C)c(C)cc4nc3cc12.Cc1cc2nc3cc4c(cc3nc2cc1C)C1(C(C)C)c2ccccc2C4(C(C)C)c2cc(C)c(O)cc21. The first-order chi connectivity index (χ1) is 55.8. The van der Waals surface area contributed by atoms with Crippen LogP contribution in [0.5, 0.6) is 17.2 Å². The van der Waals surface area contributed by atoms with Crippen LogP contribution in [0.3, 0.4) is 0 Å². The summed E-state index contributed by atoms with van der Waals surface area (Å²) in [6.07, 6.45) is 10.5. The lowest BCUT2D eigenvalue weighted by molar-refractivity contribution is 0.324. The first kappa shape index (κ1) is 74.9. The number of benzene rings is 12. The van der Waals surface area contributed by atoms with Crippen LogP contribution in [0.25, 0.3) is 66.2 Å². The normalized spacial score (nSPS) is 20.9. The highest BCUT2D eigenvalue weighted by molar-refractivity contribution is 5.95. The summed E-state index contributed by atoms with van der Waals surface area (Å²) < 4.78 is 0. The third kappa shape index (κ3) is 9.92. The molecule has 116 heavy (non-hydrogen) atoms. The summed E-state index contributed by atoms with van der Waals surface area (Å²) in [7, 11) is 0. The Morgan fingerprint density at radius 2 is 0.422 bits per heavy atom. The van der Waals surface area contributed by atoms with Crippen LogP contribution in [0, 0.1) is 74.1 Å². The van der Waals surface area contributed by atoms with Crippen LogP contribution in [0.2, 0.25) is 0 Å². The maximum atomic E-state index is 11.1. The summed E-state index contributed by atoms with van der Waals surface area (Å²) in [5, 5.41) is 33.2. The molecule has 6 unspecified atom stereocenters. The van der Waals surface area contributed by atoms with Crippen molar-refractivity contribution in [3.63, 3.8) is 0 Å². The van der Waals surface area contributed by atoms with Crippen LogP contribution < -0.4 is 0 Å². The molecule has 9 aliphatic carbocycles. The molecule has 24 rings (SSSR count). The van der Waals surface area contributed by atoms with Gasteiger partial charge in [0.15, 0.2) is 0 Å². The van der Waals surface area contributed by atoms with E-state index in [1.54, 1.807) is 0 Å². The molecule has 15 aromatic rings. The van der Waals surface area contributed by atoms with E-state index in [1.807, 2.05) is 20.8 Å². The average molecular weight is 1520 g/mol. The third-order valence-corrected chi connectivity index (χ3v) is 29.2. The van der Waals surface area contributed by atoms with Gasteiger partial charge in [-0.3, -0.25) is 0 Å². The highest BCUT2D eigenvalue weighted by Crippen LogP contribution is 2.70. The Morgan fingerprint density at radius 3 is 0.681 bits per heavy atom. The van der Waals surface area contributed by atoms with Crippen molar-refractivity contribution >= 4 is 66.2 Å². The zero-order valence-corrected chi connectivity index (χ0v) is 70.6. The predicted octanol–water partition coefficient (Wildman–Crippen LogP) is 25.4. The van der Waals surface area contributed by atoms with Crippen molar-refractivity contribution in [2.75, 3.05) is 0 Å². The third-order valence-electron chi connectivity index (χ3n) is 29.2. The van der Waals surface area contributed by atoms with E-state index < -0.39 is 5.41 Å². The van der Waals surface area contributed by atoms with E-state index in [0.717, 1.165) is 147 Å². The predicted molar refractivity (Wildman–Crippen MR) is 475 cm³/mol. The molecule has 3 aromatic heterocycles. The summed E-state index contributed by atoms with van der Waals surface area (Å²) in [5.74, 6) is 1.68. The molecule has 582 valence electrons. The van der Waals surface area contributed by atoms with Gasteiger partial charge in [-0.1, -0.05) is 185 Å². The standard InChI is InChI=1S/C37H38N2O.2C35H34N2O/c1-6-8-14-36-25-12-10-11-13-26(25)37(15-9-7-2,30-21-35(40)24(5)16-27(30)36)29-20-34-33(19-28(29)36)38-31-17-22(3)23(4)18-32(31)39-34;1-18(2)34-23-10-8-9-11-24(23)35(19(3)4,28-17-33(38)22(7)12-25(28)34)27-16-32-31(15-26(27)34)36-29-13-20(5)21(6)14-30(29)37-32;1-6-12-34-23-10-8-9-11-24(23)35(13-7-2,28-19-33(38)22(5)14-25(28)34)27-18-32-31(17-26(27)34)36-29-15-20(3)21(4)16-30(29)37-32/h10-13,16-21,40H,6-9,14-15H2,1-5H3;8-19,38H,1-7H3;8-11,14-19,38H,6-7,12-13H2,1-5H3. The van der Waals surface area contributed by atoms with Crippen molar-refractivity contribution in [3.8, 4) is 17.2 Å². The highest BCUT2D eigenvalue weighted by atomic mass is 16.3. The van der Waals surface area contributed by atoms with Crippen LogP contribution in [0.4, 0.5) is 0 Å². The fourth-order valence-corrected chi connectivity index (χ4v) is 23.5. The van der Waals surface area contributed by atoms with Gasteiger partial charge in [-0.2, -0.15) is 0 Å². The Kier molecular flexibility index (Phi) is 17.2. The molecule has 3 N–H and O–H groups in total. The van der Waals surface area contributed by atoms with Gasteiger partial charge in [-0.05, 0) is 341 Å². The topological polar surface area (TPSA) is 138 Å². The minimum Gasteiger partial charge on any atom is -0.508 e. The smallest absolute Gasteiger partial charge is 0.118 e. The second-order valence-electron chi connectivity index (χ2n) is 36.0. The molecule has 0 radical (unpaired) electrons. The number of aromatic nitrogens is 6. The van der Waals surface area contributed by atoms with Gasteiger partial charge < -0.3 is 15.3 Å². The molecule has 0 fully saturated rings. The lowest BCUT2D eigenvalue weighted by atomic mass is 9.42. The van der Waals surface area contributed by atoms with E-state index in [4.69, 9.17) is 29.9 Å². The fourth-order valence-electron chi connectivity index (χ4n) is 23.5. The van der Waals surface area contributed by atoms with Crippen LogP contribution in [0.1, 0.15) is 270 Å². The monoisotopic (exact) mass is 1520 g/mol. The van der Waals surface area contributed by atoms with Gasteiger partial charge in [-0.15, -0.1) is 0 Å². The van der Waals surface area contributed by atoms with E-state index >= 15 is 0 Å². The minimum atomic E-state index is -0.392. The number of hydrogen-bond donors (Lipinski definition) is 3. The van der Waals surface area contributed by atoms with Crippen LogP contribution >= 0.6 is 0 Å². The summed E-state index contributed by atoms with van der Waals surface area (Å²) in [6.45, 7) is 37.3. The quantitative estimate of drug-likeness (QED) is 0.102. The second-order valence-corrected chi connectivity index (χ2v) is 36.0. The molecule has 3 heterocycles. The van der Waals surface area contributed by atoms with Gasteiger partial charge in [-0.25, -0.2) is 29.9 Å². The van der Waals surface area contributed by atoms with Gasteiger partial charge >= 0.3 is 0 Å². The number of fused-ring (bicyclic) bond motifs is 6. The van der Waals surface area contributed by atoms with Gasteiger partial charge in [0.1, 0.15) is 17.2 Å². The summed E-state index contributed by atoms with van der Waals surface area (Å²) in [6, 6.07) is 67.4. The number of aromatic hydroxyl groups is 3. The summed E-state index contributed by atoms with van der Waals surface area (Å²) >= 11 is 0. The number of hydrogen-bond acceptors (Lipinski definition) is 9. The molecule has 6 bridgehead atoms. The van der Waals surface area contributed by atoms with Gasteiger partial charge in [0.2, 0.25) is 0 Å². The van der Waals surface area contributed by atoms with Crippen molar-refractivity contribution in [3.05, 3.63) is 332 Å². The number of phenolic OH excluding ortho intramolecular Hbond substituents is 3. The van der Waals surface area contributed by atoms with Crippen molar-refractivity contribution in [2.24, 2.45) is 11.8 Å². The van der Waals surface area contributed by atoms with E-state index in [-0.39, 0.29) is 38.9 Å². The Hall–Kier alpha value is -11.2. The van der Waals surface area contributed by atoms with Crippen LogP contribution in [-0.4, -0.2) is 45.2 Å². The zero-order chi connectivity index (χ0) is 80.9. The second kappa shape index (κ2) is 26.7. The van der Waals surface area contributed by atoms with E-state index in [2.05, 4.69) is 279 Å². The summed E-state index contributed by atoms with van der Waals surface area (Å²) in [4.78, 5) is 31.1. The molecule has 0 saturated carbocycles. The van der Waals surface area contributed by atoms with Crippen molar-refractivity contribution in [2.45, 2.75) is 214 Å². The average Bonchev–Trinajstić information content (AvgIpc) is 0.663. The minimum absolute atomic E-state index is 0.254. The molecule has 9 heteroatoms. The van der Waals surface area contributed by atoms with Gasteiger partial charge in [0.05, 0.1) is 66.2 Å². The highest BCUT2D eigenvalue weighted by Gasteiger charge is 2.63. The van der Waals surface area contributed by atoms with E-state index in [1.165, 1.54) is 134 Å². The maximum Gasteiger partial charge on any atom is 0.118 e. The molecule has 12 aromatic carbocycles. The van der Waals surface area contributed by atoms with Crippen molar-refractivity contribution in [1.82, 2.24) is 29.9 Å². The van der Waals surface area contributed by atoms with E-state index in [9.17, 15) is 15.3 Å². The Bertz CT molecular complexity index is 6350. The Balaban J connectivity index is 0.000000116. The molecular formula is C107H106N6O3. The molecule has 9 aliphatic rings. The molecule has 0 spiro atoms. The first-order valence-corrected chi connectivity index (χ1v) is 42.9. The van der Waals surface area contributed by atoms with Crippen LogP contribution in [-0.2, 0) is 32.5 Å². The zero-order valence-electron chi connectivity index (χ0n) is 70.6. The van der Waals surface area contributed by atoms with E-state index in [0.29, 0.717) is 17.2 Å². The van der Waals surface area contributed by atoms with Gasteiger partial charge in [0, 0.05) is 32.5 Å². The van der Waals surface area contributed by atoms with Crippen molar-refractivity contribution in [1.29, 1.82) is 0 Å². The fraction of sp³-hybridized carbons (Fsp3) is 0.327. The largest absolute Gasteiger partial charge is 0.508 e. The Labute approximate surface area is 682 Å². The number of nitrogens with zero attached hydrogens (tertiary/aromatic N) is 6. The number of aryl methyl sites for hydroxylation is 9. The Morgan fingerprint density at radius 1 is 0.224 bits per heavy atom. The molecule has 0 aliphatic heterocycles. The molecule has 0 saturated heterocycles. The lowest BCUT2D eigenvalue weighted by Gasteiger charge is -2.60. The molecule has 9 nitrogen and oxygen atoms in total. The molecule has 0 amide bonds. The lowest BCUT2D eigenvalue weighted by Crippen LogP contribution is -2.55. The number of unbranched alkanes of at least 4 members (excludes halogenated alkanes) is 2. The maximum absolute atomic E-state index is 11.1. The van der Waals surface area contributed by atoms with Crippen LogP contribution in [0.15, 0.2) is 182 Å². The number of rotatable bonds is 12. The summed E-state index contributed by atoms with van der Waals surface area (Å²) in [5.41, 5.74) is 44.0. The first-order valence-electron chi connectivity index (χ1n) is 42.9.